The lowest BCUT2D eigenvalue weighted by Gasteiger charge is -2.10. The molecular formula is C13H12ClIN2. The first kappa shape index (κ1) is 12.7. The molecule has 2 N–H and O–H groups in total. The van der Waals surface area contributed by atoms with Crippen LogP contribution in [0, 0.1) is 3.57 Å². The molecule has 4 heteroatoms. The number of para-hydroxylation sites is 1. The Morgan fingerprint density at radius 1 is 1.00 bits per heavy atom. The van der Waals surface area contributed by atoms with Gasteiger partial charge in [0.1, 0.15) is 0 Å². The molecule has 0 saturated carbocycles. The van der Waals surface area contributed by atoms with E-state index in [0.717, 1.165) is 20.8 Å². The maximum Gasteiger partial charge on any atom is 0.0542 e. The van der Waals surface area contributed by atoms with Gasteiger partial charge in [0.2, 0.25) is 0 Å². The van der Waals surface area contributed by atoms with Crippen molar-refractivity contribution < 1.29 is 0 Å². The number of benzene rings is 2. The first-order valence-electron chi connectivity index (χ1n) is 5.24. The second-order valence-electron chi connectivity index (χ2n) is 3.56. The molecule has 0 saturated heterocycles. The molecule has 2 nitrogen and oxygen atoms in total. The molecule has 0 aromatic heterocycles. The summed E-state index contributed by atoms with van der Waals surface area (Å²) in [4.78, 5) is 0. The van der Waals surface area contributed by atoms with E-state index in [1.165, 1.54) is 5.56 Å². The molecule has 0 fully saturated rings. The van der Waals surface area contributed by atoms with Gasteiger partial charge < -0.3 is 5.43 Å². The van der Waals surface area contributed by atoms with E-state index >= 15 is 0 Å². The highest BCUT2D eigenvalue weighted by atomic mass is 127. The predicted molar refractivity (Wildman–Crippen MR) is 81.1 cm³/mol. The zero-order valence-corrected chi connectivity index (χ0v) is 12.0. The average Bonchev–Trinajstić information content (AvgIpc) is 2.36. The van der Waals surface area contributed by atoms with Gasteiger partial charge in [0.25, 0.3) is 0 Å². The van der Waals surface area contributed by atoms with Crippen LogP contribution in [-0.4, -0.2) is 0 Å². The number of hydrogen-bond acceptors (Lipinski definition) is 2. The Morgan fingerprint density at radius 3 is 2.53 bits per heavy atom. The van der Waals surface area contributed by atoms with E-state index in [1.807, 2.05) is 42.5 Å². The summed E-state index contributed by atoms with van der Waals surface area (Å²) in [5.74, 6) is 0. The molecule has 17 heavy (non-hydrogen) atoms. The lowest BCUT2D eigenvalue weighted by molar-refractivity contribution is 0.798. The number of halogens is 2. The number of hydrazine groups is 1. The summed E-state index contributed by atoms with van der Waals surface area (Å²) in [6.45, 7) is 0.730. The second kappa shape index (κ2) is 6.23. The molecule has 0 amide bonds. The van der Waals surface area contributed by atoms with Gasteiger partial charge in [-0.2, -0.15) is 0 Å². The highest BCUT2D eigenvalue weighted by molar-refractivity contribution is 14.1. The fourth-order valence-corrected chi connectivity index (χ4v) is 2.19. The Balaban J connectivity index is 1.93. The third-order valence-electron chi connectivity index (χ3n) is 2.32. The quantitative estimate of drug-likeness (QED) is 0.636. The van der Waals surface area contributed by atoms with Gasteiger partial charge in [-0.15, -0.1) is 0 Å². The van der Waals surface area contributed by atoms with E-state index in [4.69, 9.17) is 11.6 Å². The predicted octanol–water partition coefficient (Wildman–Crippen LogP) is 4.06. The Morgan fingerprint density at radius 2 is 1.76 bits per heavy atom. The van der Waals surface area contributed by atoms with Gasteiger partial charge in [-0.05, 0) is 46.4 Å². The minimum absolute atomic E-state index is 0.730. The minimum atomic E-state index is 0.730. The number of nitrogens with one attached hydrogen (secondary N) is 2. The monoisotopic (exact) mass is 358 g/mol. The topological polar surface area (TPSA) is 24.1 Å². The van der Waals surface area contributed by atoms with Crippen LogP contribution < -0.4 is 10.9 Å². The van der Waals surface area contributed by atoms with E-state index in [9.17, 15) is 0 Å². The Kier molecular flexibility index (Phi) is 4.65. The number of anilines is 1. The Hall–Kier alpha value is -0.780. The third kappa shape index (κ3) is 3.59. The normalized spacial score (nSPS) is 10.2. The molecular weight excluding hydrogens is 347 g/mol. The van der Waals surface area contributed by atoms with E-state index in [1.54, 1.807) is 0 Å². The van der Waals surface area contributed by atoms with Crippen LogP contribution in [0.3, 0.4) is 0 Å². The van der Waals surface area contributed by atoms with Crippen LogP contribution in [0.1, 0.15) is 5.56 Å². The lowest BCUT2D eigenvalue weighted by atomic mass is 10.2. The van der Waals surface area contributed by atoms with Gasteiger partial charge in [0.05, 0.1) is 5.02 Å². The van der Waals surface area contributed by atoms with Crippen molar-refractivity contribution in [3.63, 3.8) is 0 Å². The Bertz CT molecular complexity index is 488. The summed E-state index contributed by atoms with van der Waals surface area (Å²) >= 11 is 8.31. The number of rotatable bonds is 4. The molecule has 0 radical (unpaired) electrons. The van der Waals surface area contributed by atoms with Gasteiger partial charge >= 0.3 is 0 Å². The summed E-state index contributed by atoms with van der Waals surface area (Å²) in [5, 5.41) is 0.796. The highest BCUT2D eigenvalue weighted by Gasteiger charge is 2.02. The standard InChI is InChI=1S/C13H12ClIN2/c14-12-8-4-5-10(13(12)15)9-16-17-11-6-2-1-3-7-11/h1-8,16-17H,9H2. The van der Waals surface area contributed by atoms with E-state index in [0.29, 0.717) is 0 Å². The first-order chi connectivity index (χ1) is 8.27. The van der Waals surface area contributed by atoms with Crippen LogP contribution in [0.15, 0.2) is 48.5 Å². The second-order valence-corrected chi connectivity index (χ2v) is 5.04. The fourth-order valence-electron chi connectivity index (χ4n) is 1.45. The van der Waals surface area contributed by atoms with E-state index in [-0.39, 0.29) is 0 Å². The van der Waals surface area contributed by atoms with E-state index < -0.39 is 0 Å². The van der Waals surface area contributed by atoms with Crippen LogP contribution >= 0.6 is 34.2 Å². The maximum absolute atomic E-state index is 6.05. The summed E-state index contributed by atoms with van der Waals surface area (Å²) in [7, 11) is 0. The van der Waals surface area contributed by atoms with Crippen molar-refractivity contribution in [1.29, 1.82) is 0 Å². The molecule has 2 aromatic rings. The van der Waals surface area contributed by atoms with Crippen LogP contribution in [-0.2, 0) is 6.54 Å². The van der Waals surface area contributed by atoms with Gasteiger partial charge in [-0.3, -0.25) is 0 Å². The molecule has 0 spiro atoms. The van der Waals surface area contributed by atoms with Gasteiger partial charge in [0.15, 0.2) is 0 Å². The molecule has 0 bridgehead atoms. The summed E-state index contributed by atoms with van der Waals surface area (Å²) in [6, 6.07) is 15.9. The first-order valence-corrected chi connectivity index (χ1v) is 6.70. The largest absolute Gasteiger partial charge is 0.321 e. The average molecular weight is 359 g/mol. The molecule has 0 heterocycles. The molecule has 88 valence electrons. The molecule has 2 aromatic carbocycles. The fraction of sp³-hybridized carbons (Fsp3) is 0.0769. The van der Waals surface area contributed by atoms with Crippen molar-refractivity contribution >= 4 is 39.9 Å². The van der Waals surface area contributed by atoms with E-state index in [2.05, 4.69) is 39.5 Å². The van der Waals surface area contributed by atoms with Crippen molar-refractivity contribution in [1.82, 2.24) is 5.43 Å². The van der Waals surface area contributed by atoms with Crippen molar-refractivity contribution in [3.05, 3.63) is 62.7 Å². The van der Waals surface area contributed by atoms with Crippen LogP contribution in [0.5, 0.6) is 0 Å². The van der Waals surface area contributed by atoms with Gasteiger partial charge in [-0.25, -0.2) is 5.43 Å². The SMILES string of the molecule is Clc1cccc(CNNc2ccccc2)c1I. The Labute approximate surface area is 119 Å². The molecule has 0 aliphatic rings. The number of hydrogen-bond donors (Lipinski definition) is 2. The zero-order chi connectivity index (χ0) is 12.1. The molecule has 0 aliphatic heterocycles. The maximum atomic E-state index is 6.05. The molecule has 0 unspecified atom stereocenters. The third-order valence-corrected chi connectivity index (χ3v) is 4.22. The van der Waals surface area contributed by atoms with Crippen LogP contribution in [0.4, 0.5) is 5.69 Å². The lowest BCUT2D eigenvalue weighted by Crippen LogP contribution is -2.21. The molecule has 0 atom stereocenters. The summed E-state index contributed by atoms with van der Waals surface area (Å²) in [5.41, 5.74) is 8.54. The molecule has 2 rings (SSSR count). The van der Waals surface area contributed by atoms with Gasteiger partial charge in [-0.1, -0.05) is 41.9 Å². The van der Waals surface area contributed by atoms with Crippen LogP contribution in [0.25, 0.3) is 0 Å². The van der Waals surface area contributed by atoms with Crippen molar-refractivity contribution in [2.75, 3.05) is 5.43 Å². The highest BCUT2D eigenvalue weighted by Crippen LogP contribution is 2.21. The smallest absolute Gasteiger partial charge is 0.0542 e. The summed E-state index contributed by atoms with van der Waals surface area (Å²) in [6.07, 6.45) is 0. The van der Waals surface area contributed by atoms with Crippen molar-refractivity contribution in [2.24, 2.45) is 0 Å². The van der Waals surface area contributed by atoms with Crippen LogP contribution in [0.2, 0.25) is 5.02 Å². The zero-order valence-electron chi connectivity index (χ0n) is 9.08. The van der Waals surface area contributed by atoms with Crippen molar-refractivity contribution in [2.45, 2.75) is 6.54 Å². The summed E-state index contributed by atoms with van der Waals surface area (Å²) < 4.78 is 1.09. The van der Waals surface area contributed by atoms with Crippen molar-refractivity contribution in [3.8, 4) is 0 Å². The molecule has 0 aliphatic carbocycles. The minimum Gasteiger partial charge on any atom is -0.321 e. The van der Waals surface area contributed by atoms with Gasteiger partial charge in [0, 0.05) is 15.8 Å².